The van der Waals surface area contributed by atoms with Crippen LogP contribution >= 0.6 is 23.7 Å². The van der Waals surface area contributed by atoms with E-state index in [1.807, 2.05) is 24.3 Å². The van der Waals surface area contributed by atoms with Gasteiger partial charge < -0.3 is 15.4 Å². The lowest BCUT2D eigenvalue weighted by molar-refractivity contribution is 0.0960. The van der Waals surface area contributed by atoms with Crippen LogP contribution in [0, 0.1) is 0 Å². The van der Waals surface area contributed by atoms with Crippen molar-refractivity contribution < 1.29 is 9.53 Å². The van der Waals surface area contributed by atoms with Crippen molar-refractivity contribution in [2.45, 2.75) is 6.42 Å². The highest BCUT2D eigenvalue weighted by Crippen LogP contribution is 2.26. The van der Waals surface area contributed by atoms with E-state index in [2.05, 4.69) is 21.7 Å². The van der Waals surface area contributed by atoms with Crippen LogP contribution in [0.25, 0.3) is 10.6 Å². The molecule has 1 aromatic heterocycles. The summed E-state index contributed by atoms with van der Waals surface area (Å²) in [4.78, 5) is 17.2. The van der Waals surface area contributed by atoms with Crippen molar-refractivity contribution in [2.24, 2.45) is 0 Å². The van der Waals surface area contributed by atoms with Crippen LogP contribution in [-0.2, 0) is 0 Å². The SMILES string of the molecule is COc1ccc(-c2ncc(C(=O)NCC3=CCNCC3)s2)cc1.Cl. The quantitative estimate of drug-likeness (QED) is 0.800. The number of carbonyl (C=O) groups is 1. The summed E-state index contributed by atoms with van der Waals surface area (Å²) in [6.45, 7) is 2.47. The summed E-state index contributed by atoms with van der Waals surface area (Å²) in [5, 5.41) is 7.06. The molecule has 0 spiro atoms. The molecule has 0 saturated heterocycles. The number of halogens is 1. The number of ether oxygens (including phenoxy) is 1. The first-order chi connectivity index (χ1) is 11.3. The second kappa shape index (κ2) is 8.82. The summed E-state index contributed by atoms with van der Waals surface area (Å²) >= 11 is 1.40. The molecule has 2 heterocycles. The lowest BCUT2D eigenvalue weighted by Gasteiger charge is -2.14. The lowest BCUT2D eigenvalue weighted by atomic mass is 10.1. The van der Waals surface area contributed by atoms with Crippen LogP contribution in [0.4, 0.5) is 0 Å². The Morgan fingerprint density at radius 1 is 1.38 bits per heavy atom. The molecule has 2 aromatic rings. The van der Waals surface area contributed by atoms with Crippen molar-refractivity contribution in [2.75, 3.05) is 26.7 Å². The molecule has 5 nitrogen and oxygen atoms in total. The van der Waals surface area contributed by atoms with Gasteiger partial charge in [-0.15, -0.1) is 23.7 Å². The maximum Gasteiger partial charge on any atom is 0.263 e. The van der Waals surface area contributed by atoms with Gasteiger partial charge in [-0.2, -0.15) is 0 Å². The van der Waals surface area contributed by atoms with Crippen molar-refractivity contribution in [3.8, 4) is 16.3 Å². The number of hydrogen-bond acceptors (Lipinski definition) is 5. The average Bonchev–Trinajstić information content (AvgIpc) is 3.11. The minimum Gasteiger partial charge on any atom is -0.497 e. The molecule has 0 aliphatic carbocycles. The van der Waals surface area contributed by atoms with Gasteiger partial charge in [-0.25, -0.2) is 4.98 Å². The van der Waals surface area contributed by atoms with E-state index >= 15 is 0 Å². The number of amides is 1. The third kappa shape index (κ3) is 4.56. The van der Waals surface area contributed by atoms with E-state index in [1.165, 1.54) is 16.9 Å². The Morgan fingerprint density at radius 3 is 2.83 bits per heavy atom. The van der Waals surface area contributed by atoms with Gasteiger partial charge in [0.15, 0.2) is 0 Å². The fourth-order valence-electron chi connectivity index (χ4n) is 2.36. The van der Waals surface area contributed by atoms with Crippen LogP contribution in [0.15, 0.2) is 42.1 Å². The first-order valence-corrected chi connectivity index (χ1v) is 8.35. The zero-order valence-electron chi connectivity index (χ0n) is 13.4. The van der Waals surface area contributed by atoms with Crippen molar-refractivity contribution in [3.63, 3.8) is 0 Å². The van der Waals surface area contributed by atoms with Crippen LogP contribution in [0.1, 0.15) is 16.1 Å². The highest BCUT2D eigenvalue weighted by atomic mass is 35.5. The van der Waals surface area contributed by atoms with E-state index in [-0.39, 0.29) is 18.3 Å². The van der Waals surface area contributed by atoms with Gasteiger partial charge in [0.05, 0.1) is 13.3 Å². The van der Waals surface area contributed by atoms with E-state index in [1.54, 1.807) is 13.3 Å². The average molecular weight is 366 g/mol. The van der Waals surface area contributed by atoms with E-state index in [0.717, 1.165) is 35.8 Å². The fraction of sp³-hybridized carbons (Fsp3) is 0.294. The number of hydrogen-bond donors (Lipinski definition) is 2. The normalized spacial score (nSPS) is 13.6. The molecule has 0 fully saturated rings. The Labute approximate surface area is 151 Å². The standard InChI is InChI=1S/C17H19N3O2S.ClH/c1-22-14-4-2-13(3-5-14)17-20-11-15(23-17)16(21)19-10-12-6-8-18-9-7-12;/h2-6,11,18H,7-10H2,1H3,(H,19,21);1H. The third-order valence-electron chi connectivity index (χ3n) is 3.70. The van der Waals surface area contributed by atoms with Gasteiger partial charge in [-0.05, 0) is 37.2 Å². The number of aromatic nitrogens is 1. The second-order valence-electron chi connectivity index (χ2n) is 5.26. The number of nitrogens with zero attached hydrogens (tertiary/aromatic N) is 1. The zero-order valence-corrected chi connectivity index (χ0v) is 15.0. The van der Waals surface area contributed by atoms with Gasteiger partial charge in [0, 0.05) is 18.7 Å². The Hall–Kier alpha value is -1.89. The summed E-state index contributed by atoms with van der Waals surface area (Å²) in [7, 11) is 1.64. The molecule has 1 aromatic carbocycles. The summed E-state index contributed by atoms with van der Waals surface area (Å²) < 4.78 is 5.15. The highest BCUT2D eigenvalue weighted by molar-refractivity contribution is 7.16. The number of nitrogens with one attached hydrogen (secondary N) is 2. The van der Waals surface area contributed by atoms with Crippen LogP contribution < -0.4 is 15.4 Å². The Morgan fingerprint density at radius 2 is 2.17 bits per heavy atom. The van der Waals surface area contributed by atoms with Crippen LogP contribution in [-0.4, -0.2) is 37.6 Å². The van der Waals surface area contributed by atoms with Gasteiger partial charge in [0.2, 0.25) is 0 Å². The maximum absolute atomic E-state index is 12.2. The van der Waals surface area contributed by atoms with Crippen LogP contribution in [0.3, 0.4) is 0 Å². The summed E-state index contributed by atoms with van der Waals surface area (Å²) in [5.41, 5.74) is 2.26. The van der Waals surface area contributed by atoms with Crippen LogP contribution in [0.5, 0.6) is 5.75 Å². The first-order valence-electron chi connectivity index (χ1n) is 7.53. The molecule has 3 rings (SSSR count). The number of benzene rings is 1. The molecule has 1 aliphatic rings. The fourth-order valence-corrected chi connectivity index (χ4v) is 3.20. The minimum atomic E-state index is -0.0679. The Balaban J connectivity index is 0.00000208. The minimum absolute atomic E-state index is 0. The molecule has 1 amide bonds. The molecule has 7 heteroatoms. The Bertz CT molecular complexity index is 713. The van der Waals surface area contributed by atoms with Crippen LogP contribution in [0.2, 0.25) is 0 Å². The third-order valence-corrected chi connectivity index (χ3v) is 4.75. The van der Waals surface area contributed by atoms with Gasteiger partial charge in [0.25, 0.3) is 5.91 Å². The maximum atomic E-state index is 12.2. The molecular formula is C17H20ClN3O2S. The van der Waals surface area contributed by atoms with E-state index < -0.39 is 0 Å². The molecule has 0 atom stereocenters. The molecule has 2 N–H and O–H groups in total. The number of thiazole rings is 1. The molecule has 1 aliphatic heterocycles. The predicted octanol–water partition coefficient (Wildman–Crippen LogP) is 2.89. The second-order valence-corrected chi connectivity index (χ2v) is 6.29. The number of rotatable bonds is 5. The van der Waals surface area contributed by atoms with Crippen molar-refractivity contribution in [3.05, 3.63) is 47.0 Å². The summed E-state index contributed by atoms with van der Waals surface area (Å²) in [5.74, 6) is 0.736. The van der Waals surface area contributed by atoms with E-state index in [0.29, 0.717) is 11.4 Å². The predicted molar refractivity (Wildman–Crippen MR) is 99.3 cm³/mol. The van der Waals surface area contributed by atoms with Crippen molar-refractivity contribution in [1.29, 1.82) is 0 Å². The molecule has 128 valence electrons. The monoisotopic (exact) mass is 365 g/mol. The molecule has 0 radical (unpaired) electrons. The number of carbonyl (C=O) groups excluding carboxylic acids is 1. The molecular weight excluding hydrogens is 346 g/mol. The summed E-state index contributed by atoms with van der Waals surface area (Å²) in [6.07, 6.45) is 4.76. The highest BCUT2D eigenvalue weighted by Gasteiger charge is 2.12. The number of methoxy groups -OCH3 is 1. The van der Waals surface area contributed by atoms with E-state index in [9.17, 15) is 4.79 Å². The summed E-state index contributed by atoms with van der Waals surface area (Å²) in [6, 6.07) is 7.67. The molecule has 0 bridgehead atoms. The molecule has 0 saturated carbocycles. The lowest BCUT2D eigenvalue weighted by Crippen LogP contribution is -2.29. The van der Waals surface area contributed by atoms with E-state index in [4.69, 9.17) is 4.74 Å². The van der Waals surface area contributed by atoms with Gasteiger partial charge in [0.1, 0.15) is 15.6 Å². The van der Waals surface area contributed by atoms with Crippen molar-refractivity contribution in [1.82, 2.24) is 15.6 Å². The Kier molecular flexibility index (Phi) is 6.78. The first kappa shape index (κ1) is 18.4. The zero-order chi connectivity index (χ0) is 16.1. The van der Waals surface area contributed by atoms with Gasteiger partial charge >= 0.3 is 0 Å². The van der Waals surface area contributed by atoms with Gasteiger partial charge in [-0.3, -0.25) is 4.79 Å². The smallest absolute Gasteiger partial charge is 0.263 e. The topological polar surface area (TPSA) is 63.2 Å². The van der Waals surface area contributed by atoms with Crippen molar-refractivity contribution >= 4 is 29.7 Å². The molecule has 24 heavy (non-hydrogen) atoms. The molecule has 0 unspecified atom stereocenters. The van der Waals surface area contributed by atoms with Gasteiger partial charge in [-0.1, -0.05) is 11.6 Å². The largest absolute Gasteiger partial charge is 0.497 e.